The van der Waals surface area contributed by atoms with Crippen molar-refractivity contribution in [2.75, 3.05) is 5.32 Å². The molecule has 2 aromatic heterocycles. The summed E-state index contributed by atoms with van der Waals surface area (Å²) in [7, 11) is 0. The van der Waals surface area contributed by atoms with E-state index < -0.39 is 5.91 Å². The van der Waals surface area contributed by atoms with Gasteiger partial charge in [-0.2, -0.15) is 4.80 Å². The minimum absolute atomic E-state index is 0.124. The van der Waals surface area contributed by atoms with E-state index in [-0.39, 0.29) is 12.5 Å². The maximum atomic E-state index is 12.4. The van der Waals surface area contributed by atoms with E-state index in [0.717, 1.165) is 35.3 Å². The number of thiophene rings is 1. The third kappa shape index (κ3) is 3.56. The summed E-state index contributed by atoms with van der Waals surface area (Å²) in [4.78, 5) is 26.5. The molecule has 0 unspecified atom stereocenters. The Labute approximate surface area is 163 Å². The molecule has 0 spiro atoms. The molecule has 3 aromatic rings. The van der Waals surface area contributed by atoms with Gasteiger partial charge in [0.1, 0.15) is 11.5 Å². The van der Waals surface area contributed by atoms with Crippen molar-refractivity contribution in [1.29, 1.82) is 0 Å². The SMILES string of the molecule is NC(=O)c1c(NC(=O)Cn2nnc(-c3ccc(Cl)cc3)n2)sc2c1CCC2. The van der Waals surface area contributed by atoms with Crippen molar-refractivity contribution in [3.63, 3.8) is 0 Å². The number of carbonyl (C=O) groups excluding carboxylic acids is 2. The Balaban J connectivity index is 1.48. The lowest BCUT2D eigenvalue weighted by atomic mass is 10.1. The first-order chi connectivity index (χ1) is 13.0. The number of fused-ring (bicyclic) bond motifs is 1. The first-order valence-electron chi connectivity index (χ1n) is 8.29. The second-order valence-corrected chi connectivity index (χ2v) is 7.67. The standard InChI is InChI=1S/C17H15ClN6O2S/c18-10-6-4-9(5-7-10)16-21-23-24(22-16)8-13(25)20-17-14(15(19)26)11-2-1-3-12(11)27-17/h4-7H,1-3,8H2,(H2,19,26)(H,20,25). The van der Waals surface area contributed by atoms with Crippen LogP contribution in [0, 0.1) is 0 Å². The number of halogens is 1. The van der Waals surface area contributed by atoms with Crippen LogP contribution in [0.5, 0.6) is 0 Å². The Kier molecular flexibility index (Phi) is 4.63. The van der Waals surface area contributed by atoms with Gasteiger partial charge in [0.05, 0.1) is 5.56 Å². The molecule has 0 bridgehead atoms. The maximum absolute atomic E-state index is 12.4. The van der Waals surface area contributed by atoms with Crippen LogP contribution < -0.4 is 11.1 Å². The zero-order chi connectivity index (χ0) is 19.0. The molecular formula is C17H15ClN6O2S. The summed E-state index contributed by atoms with van der Waals surface area (Å²) in [5.74, 6) is -0.474. The van der Waals surface area contributed by atoms with E-state index in [9.17, 15) is 9.59 Å². The van der Waals surface area contributed by atoms with Crippen molar-refractivity contribution in [2.24, 2.45) is 5.73 Å². The van der Waals surface area contributed by atoms with E-state index in [1.165, 1.54) is 16.1 Å². The summed E-state index contributed by atoms with van der Waals surface area (Å²) in [6.45, 7) is -0.124. The Morgan fingerprint density at radius 2 is 2.04 bits per heavy atom. The summed E-state index contributed by atoms with van der Waals surface area (Å²) < 4.78 is 0. The molecule has 1 aromatic carbocycles. The topological polar surface area (TPSA) is 116 Å². The number of aryl methyl sites for hydroxylation is 1. The average molecular weight is 403 g/mol. The smallest absolute Gasteiger partial charge is 0.251 e. The molecule has 0 aliphatic heterocycles. The van der Waals surface area contributed by atoms with E-state index >= 15 is 0 Å². The Bertz CT molecular complexity index is 1030. The normalized spacial score (nSPS) is 12.8. The Hall–Kier alpha value is -2.78. The summed E-state index contributed by atoms with van der Waals surface area (Å²) in [6.07, 6.45) is 2.73. The van der Waals surface area contributed by atoms with Crippen LogP contribution in [-0.4, -0.2) is 32.0 Å². The quantitative estimate of drug-likeness (QED) is 0.679. The van der Waals surface area contributed by atoms with Crippen molar-refractivity contribution < 1.29 is 9.59 Å². The lowest BCUT2D eigenvalue weighted by Crippen LogP contribution is -2.22. The molecule has 0 fully saturated rings. The molecule has 0 saturated heterocycles. The zero-order valence-electron chi connectivity index (χ0n) is 14.1. The Morgan fingerprint density at radius 1 is 1.26 bits per heavy atom. The molecule has 4 rings (SSSR count). The van der Waals surface area contributed by atoms with E-state index in [4.69, 9.17) is 17.3 Å². The molecule has 0 atom stereocenters. The van der Waals surface area contributed by atoms with Gasteiger partial charge in [-0.25, -0.2) is 0 Å². The molecule has 2 amide bonds. The number of aromatic nitrogens is 4. The number of benzene rings is 1. The maximum Gasteiger partial charge on any atom is 0.251 e. The minimum Gasteiger partial charge on any atom is -0.365 e. The molecule has 2 heterocycles. The first kappa shape index (κ1) is 17.6. The average Bonchev–Trinajstić information content (AvgIpc) is 3.31. The molecule has 10 heteroatoms. The van der Waals surface area contributed by atoms with E-state index in [1.54, 1.807) is 24.3 Å². The lowest BCUT2D eigenvalue weighted by molar-refractivity contribution is -0.117. The second kappa shape index (κ2) is 7.09. The van der Waals surface area contributed by atoms with Gasteiger partial charge in [-0.3, -0.25) is 9.59 Å². The number of nitrogens with one attached hydrogen (secondary N) is 1. The van der Waals surface area contributed by atoms with Gasteiger partial charge >= 0.3 is 0 Å². The van der Waals surface area contributed by atoms with E-state index in [0.29, 0.717) is 21.4 Å². The van der Waals surface area contributed by atoms with Crippen molar-refractivity contribution in [2.45, 2.75) is 25.8 Å². The fourth-order valence-corrected chi connectivity index (χ4v) is 4.51. The molecule has 138 valence electrons. The number of rotatable bonds is 5. The van der Waals surface area contributed by atoms with Crippen LogP contribution in [0.4, 0.5) is 5.00 Å². The fourth-order valence-electron chi connectivity index (χ4n) is 3.07. The van der Waals surface area contributed by atoms with E-state index in [2.05, 4.69) is 20.7 Å². The molecular weight excluding hydrogens is 388 g/mol. The van der Waals surface area contributed by atoms with E-state index in [1.807, 2.05) is 0 Å². The highest BCUT2D eigenvalue weighted by Gasteiger charge is 2.26. The highest BCUT2D eigenvalue weighted by Crippen LogP contribution is 2.38. The molecule has 3 N–H and O–H groups in total. The zero-order valence-corrected chi connectivity index (χ0v) is 15.7. The fraction of sp³-hybridized carbons (Fsp3) is 0.235. The van der Waals surface area contributed by atoms with Gasteiger partial charge in [0.15, 0.2) is 0 Å². The summed E-state index contributed by atoms with van der Waals surface area (Å²) >= 11 is 7.27. The van der Waals surface area contributed by atoms with Crippen molar-refractivity contribution in [3.05, 3.63) is 45.3 Å². The minimum atomic E-state index is -0.520. The number of primary amides is 1. The van der Waals surface area contributed by atoms with Crippen LogP contribution in [0.25, 0.3) is 11.4 Å². The van der Waals surface area contributed by atoms with Gasteiger partial charge in [-0.05, 0) is 54.3 Å². The number of hydrogen-bond acceptors (Lipinski definition) is 6. The largest absolute Gasteiger partial charge is 0.365 e. The molecule has 1 aliphatic rings. The third-order valence-electron chi connectivity index (χ3n) is 4.26. The monoisotopic (exact) mass is 402 g/mol. The van der Waals surface area contributed by atoms with Crippen LogP contribution in [0.2, 0.25) is 5.02 Å². The van der Waals surface area contributed by atoms with Crippen molar-refractivity contribution >= 4 is 39.8 Å². The number of tetrazole rings is 1. The van der Waals surface area contributed by atoms with Crippen LogP contribution in [0.15, 0.2) is 24.3 Å². The third-order valence-corrected chi connectivity index (χ3v) is 5.72. The first-order valence-corrected chi connectivity index (χ1v) is 9.48. The van der Waals surface area contributed by atoms with Gasteiger partial charge in [-0.1, -0.05) is 11.6 Å². The number of nitrogens with two attached hydrogens (primary N) is 1. The van der Waals surface area contributed by atoms with Gasteiger partial charge < -0.3 is 11.1 Å². The number of carbonyl (C=O) groups is 2. The van der Waals surface area contributed by atoms with Gasteiger partial charge in [0.2, 0.25) is 11.7 Å². The molecule has 0 saturated carbocycles. The van der Waals surface area contributed by atoms with Crippen LogP contribution >= 0.6 is 22.9 Å². The molecule has 27 heavy (non-hydrogen) atoms. The number of amides is 2. The number of anilines is 1. The molecule has 8 nitrogen and oxygen atoms in total. The van der Waals surface area contributed by atoms with Gasteiger partial charge in [0.25, 0.3) is 5.91 Å². The van der Waals surface area contributed by atoms with Gasteiger partial charge in [-0.15, -0.1) is 21.5 Å². The predicted molar refractivity (Wildman–Crippen MR) is 102 cm³/mol. The van der Waals surface area contributed by atoms with Gasteiger partial charge in [0, 0.05) is 15.5 Å². The summed E-state index contributed by atoms with van der Waals surface area (Å²) in [6, 6.07) is 7.00. The highest BCUT2D eigenvalue weighted by molar-refractivity contribution is 7.17. The van der Waals surface area contributed by atoms with Crippen LogP contribution in [0.1, 0.15) is 27.2 Å². The molecule has 1 aliphatic carbocycles. The predicted octanol–water partition coefficient (Wildman–Crippen LogP) is 2.28. The lowest BCUT2D eigenvalue weighted by Gasteiger charge is -2.05. The second-order valence-electron chi connectivity index (χ2n) is 6.12. The number of hydrogen-bond donors (Lipinski definition) is 2. The Morgan fingerprint density at radius 3 is 2.78 bits per heavy atom. The number of nitrogens with zero attached hydrogens (tertiary/aromatic N) is 4. The summed E-state index contributed by atoms with van der Waals surface area (Å²) in [5, 5.41) is 15.9. The highest BCUT2D eigenvalue weighted by atomic mass is 35.5. The summed E-state index contributed by atoms with van der Waals surface area (Å²) in [5.41, 5.74) is 7.64. The molecule has 0 radical (unpaired) electrons. The van der Waals surface area contributed by atoms with Crippen molar-refractivity contribution in [1.82, 2.24) is 20.2 Å². The van der Waals surface area contributed by atoms with Crippen LogP contribution in [-0.2, 0) is 24.2 Å². The van der Waals surface area contributed by atoms with Crippen LogP contribution in [0.3, 0.4) is 0 Å². The van der Waals surface area contributed by atoms with Crippen molar-refractivity contribution in [3.8, 4) is 11.4 Å².